The molecule has 2 N–H and O–H groups in total. The second kappa shape index (κ2) is 5.11. The molecule has 0 spiro atoms. The average Bonchev–Trinajstić information content (AvgIpc) is 3.36. The van der Waals surface area contributed by atoms with Crippen LogP contribution in [0.3, 0.4) is 0 Å². The molecule has 1 aromatic carbocycles. The van der Waals surface area contributed by atoms with E-state index < -0.39 is 17.8 Å². The van der Waals surface area contributed by atoms with E-state index in [9.17, 15) is 14.7 Å². The van der Waals surface area contributed by atoms with Gasteiger partial charge in [-0.05, 0) is 42.2 Å². The summed E-state index contributed by atoms with van der Waals surface area (Å²) in [5, 5.41) is 12.5. The summed E-state index contributed by atoms with van der Waals surface area (Å²) in [6.07, 6.45) is 5.12. The van der Waals surface area contributed by atoms with Crippen LogP contribution in [0.25, 0.3) is 0 Å². The average molecular weight is 313 g/mol. The standard InChI is InChI=1S/C18H19NO4/c1-23-14-5-3-2-4-13(14)19-17(20)15-9-6-7-10(12-8-11(9)12)16(15)18(21)22/h2-7,9-12,15-16H,8H2,1H3,(H,19,20)(H,21,22)/t9-,10-,11+,12-,15+,16+/m0/s1. The highest BCUT2D eigenvalue weighted by atomic mass is 16.5. The van der Waals surface area contributed by atoms with Crippen LogP contribution in [-0.2, 0) is 9.59 Å². The van der Waals surface area contributed by atoms with Crippen LogP contribution < -0.4 is 10.1 Å². The number of amides is 1. The van der Waals surface area contributed by atoms with Gasteiger partial charge in [0.25, 0.3) is 0 Å². The lowest BCUT2D eigenvalue weighted by Gasteiger charge is -2.41. The van der Waals surface area contributed by atoms with E-state index in [1.54, 1.807) is 19.2 Å². The van der Waals surface area contributed by atoms with Crippen molar-refractivity contribution in [2.75, 3.05) is 12.4 Å². The Morgan fingerprint density at radius 3 is 2.43 bits per heavy atom. The van der Waals surface area contributed by atoms with Crippen molar-refractivity contribution in [3.05, 3.63) is 36.4 Å². The third-order valence-electron chi connectivity index (χ3n) is 5.60. The van der Waals surface area contributed by atoms with Gasteiger partial charge in [-0.25, -0.2) is 0 Å². The van der Waals surface area contributed by atoms with Crippen molar-refractivity contribution in [3.63, 3.8) is 0 Å². The number of carbonyl (C=O) groups is 2. The molecule has 120 valence electrons. The number of fused-ring (bicyclic) bond motifs is 1. The molecule has 0 radical (unpaired) electrons. The maximum Gasteiger partial charge on any atom is 0.307 e. The van der Waals surface area contributed by atoms with E-state index >= 15 is 0 Å². The van der Waals surface area contributed by atoms with E-state index in [0.29, 0.717) is 23.3 Å². The van der Waals surface area contributed by atoms with Crippen molar-refractivity contribution < 1.29 is 19.4 Å². The molecular formula is C18H19NO4. The molecule has 23 heavy (non-hydrogen) atoms. The first-order valence-corrected chi connectivity index (χ1v) is 7.97. The Balaban J connectivity index is 1.62. The first-order valence-electron chi connectivity index (χ1n) is 7.97. The number of carboxylic acids is 1. The van der Waals surface area contributed by atoms with Crippen molar-refractivity contribution in [3.8, 4) is 5.75 Å². The van der Waals surface area contributed by atoms with E-state index in [0.717, 1.165) is 6.42 Å². The molecule has 0 saturated heterocycles. The number of anilines is 1. The number of rotatable bonds is 4. The Labute approximate surface area is 134 Å². The van der Waals surface area contributed by atoms with Crippen molar-refractivity contribution in [2.45, 2.75) is 6.42 Å². The Kier molecular flexibility index (Phi) is 3.18. The number of benzene rings is 1. The Morgan fingerprint density at radius 2 is 1.78 bits per heavy atom. The molecule has 2 saturated carbocycles. The fraction of sp³-hybridized carbons (Fsp3) is 0.444. The highest BCUT2D eigenvalue weighted by molar-refractivity contribution is 5.97. The number of carbonyl (C=O) groups excluding carboxylic acids is 1. The zero-order valence-corrected chi connectivity index (χ0v) is 12.8. The molecule has 5 heteroatoms. The van der Waals surface area contributed by atoms with Gasteiger partial charge in [-0.15, -0.1) is 0 Å². The molecular weight excluding hydrogens is 294 g/mol. The zero-order chi connectivity index (χ0) is 16.1. The summed E-state index contributed by atoms with van der Waals surface area (Å²) in [7, 11) is 1.55. The fourth-order valence-corrected chi connectivity index (χ4v) is 4.53. The van der Waals surface area contributed by atoms with Crippen LogP contribution >= 0.6 is 0 Å². The summed E-state index contributed by atoms with van der Waals surface area (Å²) in [5.41, 5.74) is 0.585. The second-order valence-electron chi connectivity index (χ2n) is 6.68. The van der Waals surface area contributed by atoms with Crippen LogP contribution in [0.5, 0.6) is 5.75 Å². The summed E-state index contributed by atoms with van der Waals surface area (Å²) in [5.74, 6) is -0.651. The lowest BCUT2D eigenvalue weighted by Crippen LogP contribution is -2.48. The number of carboxylic acid groups (broad SMARTS) is 1. The first-order chi connectivity index (χ1) is 11.1. The molecule has 4 aliphatic rings. The van der Waals surface area contributed by atoms with E-state index in [1.807, 2.05) is 18.2 Å². The molecule has 0 unspecified atom stereocenters. The van der Waals surface area contributed by atoms with Gasteiger partial charge in [0.15, 0.2) is 0 Å². The van der Waals surface area contributed by atoms with Gasteiger partial charge in [0, 0.05) is 0 Å². The molecule has 1 aromatic rings. The normalized spacial score (nSPS) is 36.2. The highest BCUT2D eigenvalue weighted by Gasteiger charge is 2.62. The van der Waals surface area contributed by atoms with E-state index in [1.165, 1.54) is 0 Å². The number of allylic oxidation sites excluding steroid dienone is 2. The second-order valence-corrected chi connectivity index (χ2v) is 6.68. The lowest BCUT2D eigenvalue weighted by molar-refractivity contribution is -0.152. The van der Waals surface area contributed by atoms with Crippen LogP contribution in [-0.4, -0.2) is 24.1 Å². The number of hydrogen-bond donors (Lipinski definition) is 2. The first kappa shape index (κ1) is 14.3. The van der Waals surface area contributed by atoms with E-state index in [2.05, 4.69) is 11.4 Å². The molecule has 5 rings (SSSR count). The fourth-order valence-electron chi connectivity index (χ4n) is 4.53. The Morgan fingerprint density at radius 1 is 1.13 bits per heavy atom. The molecule has 0 aliphatic heterocycles. The third kappa shape index (κ3) is 2.14. The van der Waals surface area contributed by atoms with Crippen molar-refractivity contribution in [2.24, 2.45) is 35.5 Å². The largest absolute Gasteiger partial charge is 0.495 e. The van der Waals surface area contributed by atoms with Gasteiger partial charge in [0.2, 0.25) is 5.91 Å². The number of aliphatic carboxylic acids is 1. The SMILES string of the molecule is COc1ccccc1NC(=O)[C@@H]1[C@H]2C=C[C@@H]([C@@H]3C[C@H]23)[C@H]1C(=O)O. The van der Waals surface area contributed by atoms with Crippen LogP contribution in [0.2, 0.25) is 0 Å². The number of nitrogens with one attached hydrogen (secondary N) is 1. The van der Waals surface area contributed by atoms with Crippen LogP contribution in [0, 0.1) is 35.5 Å². The minimum Gasteiger partial charge on any atom is -0.495 e. The number of ether oxygens (including phenoxy) is 1. The minimum atomic E-state index is -0.866. The maximum atomic E-state index is 12.8. The number of hydrogen-bond acceptors (Lipinski definition) is 3. The van der Waals surface area contributed by atoms with Crippen LogP contribution in [0.15, 0.2) is 36.4 Å². The van der Waals surface area contributed by atoms with Gasteiger partial charge in [-0.3, -0.25) is 9.59 Å². The van der Waals surface area contributed by atoms with Gasteiger partial charge < -0.3 is 15.2 Å². The molecule has 5 nitrogen and oxygen atoms in total. The topological polar surface area (TPSA) is 75.6 Å². The lowest BCUT2D eigenvalue weighted by atomic mass is 9.62. The van der Waals surface area contributed by atoms with Gasteiger partial charge >= 0.3 is 5.97 Å². The maximum absolute atomic E-state index is 12.8. The predicted molar refractivity (Wildman–Crippen MR) is 84.0 cm³/mol. The van der Waals surface area contributed by atoms with Crippen molar-refractivity contribution in [1.29, 1.82) is 0 Å². The van der Waals surface area contributed by atoms with Gasteiger partial charge in [-0.2, -0.15) is 0 Å². The Hall–Kier alpha value is -2.30. The molecule has 4 aliphatic carbocycles. The third-order valence-corrected chi connectivity index (χ3v) is 5.60. The molecule has 6 atom stereocenters. The van der Waals surface area contributed by atoms with Crippen molar-refractivity contribution in [1.82, 2.24) is 0 Å². The van der Waals surface area contributed by atoms with Gasteiger partial charge in [0.05, 0.1) is 24.6 Å². The van der Waals surface area contributed by atoms with Gasteiger partial charge in [-0.1, -0.05) is 24.3 Å². The highest BCUT2D eigenvalue weighted by Crippen LogP contribution is 2.63. The quantitative estimate of drug-likeness (QED) is 0.837. The van der Waals surface area contributed by atoms with Crippen molar-refractivity contribution >= 4 is 17.6 Å². The zero-order valence-electron chi connectivity index (χ0n) is 12.8. The molecule has 1 amide bonds. The summed E-state index contributed by atoms with van der Waals surface area (Å²) in [6.45, 7) is 0. The predicted octanol–water partition coefficient (Wildman–Crippen LogP) is 2.40. The summed E-state index contributed by atoms with van der Waals surface area (Å²) >= 11 is 0. The smallest absolute Gasteiger partial charge is 0.307 e. The van der Waals surface area contributed by atoms with Crippen LogP contribution in [0.1, 0.15) is 6.42 Å². The Bertz CT molecular complexity index is 698. The van der Waals surface area contributed by atoms with Gasteiger partial charge in [0.1, 0.15) is 5.75 Å². The number of para-hydroxylation sites is 2. The van der Waals surface area contributed by atoms with E-state index in [-0.39, 0.29) is 17.7 Å². The molecule has 0 heterocycles. The molecule has 2 bridgehead atoms. The molecule has 0 aromatic heterocycles. The summed E-state index contributed by atoms with van der Waals surface area (Å²) in [4.78, 5) is 24.6. The minimum absolute atomic E-state index is 0.00378. The molecule has 2 fully saturated rings. The number of methoxy groups -OCH3 is 1. The summed E-state index contributed by atoms with van der Waals surface area (Å²) < 4.78 is 5.25. The monoisotopic (exact) mass is 313 g/mol. The van der Waals surface area contributed by atoms with E-state index in [4.69, 9.17) is 4.74 Å². The van der Waals surface area contributed by atoms with Crippen LogP contribution in [0.4, 0.5) is 5.69 Å². The summed E-state index contributed by atoms with van der Waals surface area (Å²) in [6, 6.07) is 7.18.